The molecule has 0 atom stereocenters. The zero-order valence-electron chi connectivity index (χ0n) is 37.8. The van der Waals surface area contributed by atoms with Crippen LogP contribution in [0.15, 0.2) is 261 Å². The monoisotopic (exact) mass is 876 g/mol. The lowest BCUT2D eigenvalue weighted by atomic mass is 9.85. The van der Waals surface area contributed by atoms with Gasteiger partial charge in [0.05, 0.1) is 22.1 Å². The Balaban J connectivity index is 0.954. The van der Waals surface area contributed by atoms with E-state index in [0.717, 1.165) is 11.4 Å². The average Bonchev–Trinajstić information content (AvgIpc) is 4.07. The normalized spacial score (nSPS) is 12.3. The summed E-state index contributed by atoms with van der Waals surface area (Å²) in [5.74, 6) is 0.116. The standard InChI is InChI=1S/C67H44N2/c1-3-18-44(19-4-1)48-36-49(39-52(38-48)67-60-29-9-7-24-55(60)56-25-8-10-30-61(56)67)51-37-50(45-20-5-2-6-21-45)41-54(42-51)69-65-33-16-13-28-59(65)62-43-47(34-35-66(62)69)46-22-17-23-53(40-46)68-63-31-14-11-26-57(63)58-27-12-15-32-64(58)68/h1-43,67H. The first-order valence-corrected chi connectivity index (χ1v) is 23.9. The van der Waals surface area contributed by atoms with E-state index in [4.69, 9.17) is 0 Å². The van der Waals surface area contributed by atoms with E-state index in [1.807, 2.05) is 0 Å². The topological polar surface area (TPSA) is 9.86 Å². The summed E-state index contributed by atoms with van der Waals surface area (Å²) < 4.78 is 4.88. The van der Waals surface area contributed by atoms with E-state index in [9.17, 15) is 0 Å². The predicted molar refractivity (Wildman–Crippen MR) is 290 cm³/mol. The van der Waals surface area contributed by atoms with E-state index in [0.29, 0.717) is 0 Å². The largest absolute Gasteiger partial charge is 0.309 e. The van der Waals surface area contributed by atoms with E-state index < -0.39 is 0 Å². The quantitative estimate of drug-likeness (QED) is 0.151. The van der Waals surface area contributed by atoms with Crippen LogP contribution in [-0.2, 0) is 0 Å². The fraction of sp³-hybridized carbons (Fsp3) is 0.0149. The molecule has 2 nitrogen and oxygen atoms in total. The molecule has 2 heterocycles. The number of aromatic nitrogens is 2. The van der Waals surface area contributed by atoms with Gasteiger partial charge in [-0.3, -0.25) is 0 Å². The molecule has 1 aliphatic rings. The summed E-state index contributed by atoms with van der Waals surface area (Å²) in [6, 6.07) is 96.5. The summed E-state index contributed by atoms with van der Waals surface area (Å²) in [5, 5.41) is 4.99. The fourth-order valence-corrected chi connectivity index (χ4v) is 11.5. The minimum Gasteiger partial charge on any atom is -0.309 e. The second-order valence-electron chi connectivity index (χ2n) is 18.5. The molecule has 0 unspecified atom stereocenters. The number of hydrogen-bond acceptors (Lipinski definition) is 0. The molecule has 14 rings (SSSR count). The average molecular weight is 877 g/mol. The van der Waals surface area contributed by atoms with Crippen molar-refractivity contribution in [3.05, 3.63) is 278 Å². The Kier molecular flexibility index (Phi) is 9.00. The molecule has 13 aromatic rings. The lowest BCUT2D eigenvalue weighted by Crippen LogP contribution is -2.01. The first-order chi connectivity index (χ1) is 34.2. The van der Waals surface area contributed by atoms with Crippen LogP contribution in [0.2, 0.25) is 0 Å². The van der Waals surface area contributed by atoms with Crippen LogP contribution in [0.1, 0.15) is 22.6 Å². The molecule has 322 valence electrons. The molecule has 2 heteroatoms. The van der Waals surface area contributed by atoms with Crippen LogP contribution in [0.5, 0.6) is 0 Å². The van der Waals surface area contributed by atoms with Crippen molar-refractivity contribution in [3.8, 4) is 67.0 Å². The van der Waals surface area contributed by atoms with E-state index in [2.05, 4.69) is 270 Å². The summed E-state index contributed by atoms with van der Waals surface area (Å²) >= 11 is 0. The maximum absolute atomic E-state index is 2.48. The van der Waals surface area contributed by atoms with Crippen molar-refractivity contribution < 1.29 is 0 Å². The molecule has 69 heavy (non-hydrogen) atoms. The Morgan fingerprint density at radius 3 is 1.23 bits per heavy atom. The van der Waals surface area contributed by atoms with E-state index in [1.54, 1.807) is 0 Å². The van der Waals surface area contributed by atoms with Crippen molar-refractivity contribution in [2.45, 2.75) is 5.92 Å². The fourth-order valence-electron chi connectivity index (χ4n) is 11.5. The van der Waals surface area contributed by atoms with E-state index in [-0.39, 0.29) is 5.92 Å². The molecule has 0 fully saturated rings. The Hall–Kier alpha value is -8.98. The van der Waals surface area contributed by atoms with Crippen molar-refractivity contribution >= 4 is 43.6 Å². The zero-order chi connectivity index (χ0) is 45.4. The van der Waals surface area contributed by atoms with Crippen LogP contribution < -0.4 is 0 Å². The molecular formula is C67H44N2. The van der Waals surface area contributed by atoms with Crippen LogP contribution >= 0.6 is 0 Å². The lowest BCUT2D eigenvalue weighted by molar-refractivity contribution is 1.02. The maximum atomic E-state index is 2.48. The van der Waals surface area contributed by atoms with Gasteiger partial charge in [-0.05, 0) is 139 Å². The Labute approximate surface area is 401 Å². The van der Waals surface area contributed by atoms with Crippen LogP contribution in [0.25, 0.3) is 111 Å². The van der Waals surface area contributed by atoms with E-state index in [1.165, 1.54) is 116 Å². The van der Waals surface area contributed by atoms with Crippen molar-refractivity contribution in [2.24, 2.45) is 0 Å². The summed E-state index contributed by atoms with van der Waals surface area (Å²) in [6.45, 7) is 0. The van der Waals surface area contributed by atoms with Crippen LogP contribution in [0.3, 0.4) is 0 Å². The van der Waals surface area contributed by atoms with Gasteiger partial charge in [0.2, 0.25) is 0 Å². The highest BCUT2D eigenvalue weighted by Gasteiger charge is 2.30. The summed E-state index contributed by atoms with van der Waals surface area (Å²) in [6.07, 6.45) is 0. The number of para-hydroxylation sites is 3. The second kappa shape index (κ2) is 15.8. The van der Waals surface area contributed by atoms with Gasteiger partial charge in [-0.1, -0.05) is 194 Å². The highest BCUT2D eigenvalue weighted by atomic mass is 15.0. The first-order valence-electron chi connectivity index (χ1n) is 23.9. The summed E-state index contributed by atoms with van der Waals surface area (Å²) in [5.41, 5.74) is 23.2. The van der Waals surface area contributed by atoms with Gasteiger partial charge in [-0.25, -0.2) is 0 Å². The Morgan fingerprint density at radius 1 is 0.232 bits per heavy atom. The molecule has 0 saturated carbocycles. The third-order valence-corrected chi connectivity index (χ3v) is 14.5. The summed E-state index contributed by atoms with van der Waals surface area (Å²) in [7, 11) is 0. The van der Waals surface area contributed by atoms with Crippen LogP contribution in [-0.4, -0.2) is 9.13 Å². The zero-order valence-corrected chi connectivity index (χ0v) is 37.8. The minimum absolute atomic E-state index is 0.116. The Morgan fingerprint density at radius 2 is 0.638 bits per heavy atom. The number of hydrogen-bond donors (Lipinski definition) is 0. The van der Waals surface area contributed by atoms with Gasteiger partial charge >= 0.3 is 0 Å². The van der Waals surface area contributed by atoms with Crippen molar-refractivity contribution in [1.29, 1.82) is 0 Å². The van der Waals surface area contributed by atoms with Gasteiger partial charge in [0.15, 0.2) is 0 Å². The van der Waals surface area contributed by atoms with Gasteiger partial charge < -0.3 is 9.13 Å². The van der Waals surface area contributed by atoms with Crippen LogP contribution in [0.4, 0.5) is 0 Å². The molecule has 11 aromatic carbocycles. The molecule has 0 spiro atoms. The van der Waals surface area contributed by atoms with Crippen molar-refractivity contribution in [1.82, 2.24) is 9.13 Å². The highest BCUT2D eigenvalue weighted by molar-refractivity contribution is 6.11. The number of nitrogens with zero attached hydrogens (tertiary/aromatic N) is 2. The molecule has 0 saturated heterocycles. The highest BCUT2D eigenvalue weighted by Crippen LogP contribution is 2.49. The molecule has 1 aliphatic carbocycles. The van der Waals surface area contributed by atoms with Crippen LogP contribution in [0, 0.1) is 0 Å². The second-order valence-corrected chi connectivity index (χ2v) is 18.5. The maximum Gasteiger partial charge on any atom is 0.0541 e. The smallest absolute Gasteiger partial charge is 0.0541 e. The van der Waals surface area contributed by atoms with Gasteiger partial charge in [-0.15, -0.1) is 0 Å². The molecular weight excluding hydrogens is 833 g/mol. The first kappa shape index (κ1) is 39.2. The van der Waals surface area contributed by atoms with Crippen molar-refractivity contribution in [2.75, 3.05) is 0 Å². The summed E-state index contributed by atoms with van der Waals surface area (Å²) in [4.78, 5) is 0. The van der Waals surface area contributed by atoms with Gasteiger partial charge in [0.1, 0.15) is 0 Å². The lowest BCUT2D eigenvalue weighted by Gasteiger charge is -2.19. The Bertz CT molecular complexity index is 4030. The molecule has 2 aromatic heterocycles. The number of fused-ring (bicyclic) bond motifs is 9. The number of benzene rings is 11. The minimum atomic E-state index is 0.116. The molecule has 0 amide bonds. The third-order valence-electron chi connectivity index (χ3n) is 14.5. The molecule has 0 N–H and O–H groups in total. The number of rotatable bonds is 7. The van der Waals surface area contributed by atoms with Crippen molar-refractivity contribution in [3.63, 3.8) is 0 Å². The van der Waals surface area contributed by atoms with Gasteiger partial charge in [-0.2, -0.15) is 0 Å². The molecule has 0 aliphatic heterocycles. The SMILES string of the molecule is c1ccc(-c2cc(-c3cc(-c4ccccc4)cc(-n4c5ccccc5c5cc(-c6cccc(-n7c8ccccc8c8ccccc87)c6)ccc54)c3)cc(C3c4ccccc4-c4ccccc43)c2)cc1. The van der Waals surface area contributed by atoms with Gasteiger partial charge in [0, 0.05) is 38.8 Å². The van der Waals surface area contributed by atoms with E-state index >= 15 is 0 Å². The molecule has 0 bridgehead atoms. The van der Waals surface area contributed by atoms with Gasteiger partial charge in [0.25, 0.3) is 0 Å². The predicted octanol–water partition coefficient (Wildman–Crippen LogP) is 17.7. The third kappa shape index (κ3) is 6.41. The molecule has 0 radical (unpaired) electrons.